The first-order valence-electron chi connectivity index (χ1n) is 4.95. The number of hydrogen-bond donors (Lipinski definition) is 1. The minimum absolute atomic E-state index is 0.0604. The average Bonchev–Trinajstić information content (AvgIpc) is 2.14. The molecular formula is C12H16O3. The van der Waals surface area contributed by atoms with E-state index in [1.54, 1.807) is 0 Å². The van der Waals surface area contributed by atoms with Gasteiger partial charge in [0.1, 0.15) is 0 Å². The molecule has 0 aliphatic carbocycles. The van der Waals surface area contributed by atoms with Crippen molar-refractivity contribution in [3.05, 3.63) is 34.9 Å². The molecule has 3 nitrogen and oxygen atoms in total. The van der Waals surface area contributed by atoms with Gasteiger partial charge < -0.3 is 9.84 Å². The molecule has 0 heterocycles. The monoisotopic (exact) mass is 208 g/mol. The quantitative estimate of drug-likeness (QED) is 0.755. The van der Waals surface area contributed by atoms with E-state index in [0.29, 0.717) is 6.61 Å². The van der Waals surface area contributed by atoms with Gasteiger partial charge >= 0.3 is 5.97 Å². The summed E-state index contributed by atoms with van der Waals surface area (Å²) in [6.07, 6.45) is 0.0604. The molecule has 3 heteroatoms. The Hall–Kier alpha value is -1.35. The highest BCUT2D eigenvalue weighted by molar-refractivity contribution is 5.66. The Morgan fingerprint density at radius 3 is 2.73 bits per heavy atom. The number of hydrogen-bond acceptors (Lipinski definition) is 2. The second-order valence-corrected chi connectivity index (χ2v) is 3.63. The maximum Gasteiger partial charge on any atom is 0.305 e. The second-order valence-electron chi connectivity index (χ2n) is 3.63. The molecule has 0 radical (unpaired) electrons. The Kier molecular flexibility index (Phi) is 4.31. The maximum atomic E-state index is 10.2. The maximum absolute atomic E-state index is 10.2. The molecule has 15 heavy (non-hydrogen) atoms. The lowest BCUT2D eigenvalue weighted by molar-refractivity contribution is -0.138. The van der Waals surface area contributed by atoms with Crippen LogP contribution in [0, 0.1) is 13.8 Å². The molecular weight excluding hydrogens is 192 g/mol. The largest absolute Gasteiger partial charge is 0.481 e. The molecule has 0 aliphatic rings. The Morgan fingerprint density at radius 2 is 2.13 bits per heavy atom. The lowest BCUT2D eigenvalue weighted by Gasteiger charge is -2.07. The topological polar surface area (TPSA) is 46.5 Å². The molecule has 0 amide bonds. The van der Waals surface area contributed by atoms with Crippen molar-refractivity contribution in [1.29, 1.82) is 0 Å². The number of carbonyl (C=O) groups is 1. The molecule has 0 spiro atoms. The molecule has 1 aromatic rings. The minimum atomic E-state index is -0.823. The van der Waals surface area contributed by atoms with Crippen LogP contribution in [-0.2, 0) is 16.1 Å². The minimum Gasteiger partial charge on any atom is -0.481 e. The van der Waals surface area contributed by atoms with Gasteiger partial charge in [-0.2, -0.15) is 0 Å². The van der Waals surface area contributed by atoms with Gasteiger partial charge in [0, 0.05) is 0 Å². The molecule has 1 rings (SSSR count). The summed E-state index contributed by atoms with van der Waals surface area (Å²) in [5.74, 6) is -0.823. The molecule has 1 N–H and O–H groups in total. The fourth-order valence-corrected chi connectivity index (χ4v) is 1.35. The number of aliphatic carboxylic acids is 1. The molecule has 0 saturated carbocycles. The van der Waals surface area contributed by atoms with Crippen LogP contribution < -0.4 is 0 Å². The number of carboxylic acid groups (broad SMARTS) is 1. The number of rotatable bonds is 5. The van der Waals surface area contributed by atoms with Gasteiger partial charge in [-0.15, -0.1) is 0 Å². The van der Waals surface area contributed by atoms with Gasteiger partial charge in [-0.05, 0) is 25.0 Å². The van der Waals surface area contributed by atoms with Crippen molar-refractivity contribution in [3.63, 3.8) is 0 Å². The summed E-state index contributed by atoms with van der Waals surface area (Å²) < 4.78 is 5.27. The van der Waals surface area contributed by atoms with Crippen molar-refractivity contribution < 1.29 is 14.6 Å². The van der Waals surface area contributed by atoms with Crippen LogP contribution in [0.15, 0.2) is 18.2 Å². The van der Waals surface area contributed by atoms with Crippen molar-refractivity contribution >= 4 is 5.97 Å². The molecule has 0 saturated heterocycles. The Balaban J connectivity index is 2.40. The van der Waals surface area contributed by atoms with Crippen LogP contribution in [0.2, 0.25) is 0 Å². The highest BCUT2D eigenvalue weighted by Crippen LogP contribution is 2.11. The molecule has 0 unspecified atom stereocenters. The first-order valence-corrected chi connectivity index (χ1v) is 4.95. The molecule has 0 bridgehead atoms. The zero-order valence-electron chi connectivity index (χ0n) is 9.12. The Morgan fingerprint density at radius 1 is 1.40 bits per heavy atom. The zero-order chi connectivity index (χ0) is 11.3. The van der Waals surface area contributed by atoms with E-state index in [1.807, 2.05) is 26.0 Å². The van der Waals surface area contributed by atoms with Gasteiger partial charge in [0.05, 0.1) is 19.6 Å². The number of benzene rings is 1. The predicted octanol–water partition coefficient (Wildman–Crippen LogP) is 2.29. The predicted molar refractivity (Wildman–Crippen MR) is 57.8 cm³/mol. The summed E-state index contributed by atoms with van der Waals surface area (Å²) in [7, 11) is 0. The third kappa shape index (κ3) is 4.13. The molecule has 82 valence electrons. The van der Waals surface area contributed by atoms with Gasteiger partial charge in [0.2, 0.25) is 0 Å². The van der Waals surface area contributed by atoms with Crippen LogP contribution in [-0.4, -0.2) is 17.7 Å². The van der Waals surface area contributed by atoms with Crippen LogP contribution in [0.4, 0.5) is 0 Å². The molecule has 0 aromatic heterocycles. The summed E-state index contributed by atoms with van der Waals surface area (Å²) in [6.45, 7) is 4.83. The van der Waals surface area contributed by atoms with Crippen molar-refractivity contribution in [1.82, 2.24) is 0 Å². The first-order chi connectivity index (χ1) is 7.09. The number of aryl methyl sites for hydroxylation is 2. The van der Waals surface area contributed by atoms with Crippen LogP contribution in [0.5, 0.6) is 0 Å². The van der Waals surface area contributed by atoms with Gasteiger partial charge in [0.25, 0.3) is 0 Å². The highest BCUT2D eigenvalue weighted by Gasteiger charge is 2.00. The summed E-state index contributed by atoms with van der Waals surface area (Å²) in [5.41, 5.74) is 3.53. The van der Waals surface area contributed by atoms with E-state index in [9.17, 15) is 4.79 Å². The van der Waals surface area contributed by atoms with Crippen LogP contribution in [0.3, 0.4) is 0 Å². The van der Waals surface area contributed by atoms with E-state index in [2.05, 4.69) is 6.07 Å². The van der Waals surface area contributed by atoms with Gasteiger partial charge in [-0.3, -0.25) is 4.79 Å². The summed E-state index contributed by atoms with van der Waals surface area (Å²) in [4.78, 5) is 10.2. The number of carboxylic acids is 1. The van der Waals surface area contributed by atoms with Gasteiger partial charge in [-0.25, -0.2) is 0 Å². The normalized spacial score (nSPS) is 10.3. The average molecular weight is 208 g/mol. The third-order valence-electron chi connectivity index (χ3n) is 2.22. The molecule has 0 aliphatic heterocycles. The summed E-state index contributed by atoms with van der Waals surface area (Å²) >= 11 is 0. The fraction of sp³-hybridized carbons (Fsp3) is 0.417. The van der Waals surface area contributed by atoms with Crippen LogP contribution in [0.25, 0.3) is 0 Å². The Labute approximate surface area is 89.7 Å². The van der Waals surface area contributed by atoms with Crippen molar-refractivity contribution in [2.45, 2.75) is 26.9 Å². The molecule has 0 fully saturated rings. The van der Waals surface area contributed by atoms with Crippen molar-refractivity contribution in [2.75, 3.05) is 6.61 Å². The standard InChI is InChI=1S/C12H16O3/c1-9-3-4-11(10(2)7-9)8-15-6-5-12(13)14/h3-4,7H,5-6,8H2,1-2H3,(H,13,14). The highest BCUT2D eigenvalue weighted by atomic mass is 16.5. The number of ether oxygens (including phenoxy) is 1. The SMILES string of the molecule is Cc1ccc(COCCC(=O)O)c(C)c1. The van der Waals surface area contributed by atoms with Crippen molar-refractivity contribution in [2.24, 2.45) is 0 Å². The third-order valence-corrected chi connectivity index (χ3v) is 2.22. The lowest BCUT2D eigenvalue weighted by Crippen LogP contribution is -2.03. The van der Waals surface area contributed by atoms with E-state index >= 15 is 0 Å². The fourth-order valence-electron chi connectivity index (χ4n) is 1.35. The van der Waals surface area contributed by atoms with Gasteiger partial charge in [0.15, 0.2) is 0 Å². The zero-order valence-corrected chi connectivity index (χ0v) is 9.12. The molecule has 1 aromatic carbocycles. The van der Waals surface area contributed by atoms with E-state index < -0.39 is 5.97 Å². The summed E-state index contributed by atoms with van der Waals surface area (Å²) in [5, 5.41) is 8.42. The first kappa shape index (κ1) is 11.7. The Bertz CT molecular complexity index is 345. The van der Waals surface area contributed by atoms with Gasteiger partial charge in [-0.1, -0.05) is 23.8 Å². The van der Waals surface area contributed by atoms with Crippen molar-refractivity contribution in [3.8, 4) is 0 Å². The lowest BCUT2D eigenvalue weighted by atomic mass is 10.1. The van der Waals surface area contributed by atoms with E-state index in [0.717, 1.165) is 5.56 Å². The summed E-state index contributed by atoms with van der Waals surface area (Å²) in [6, 6.07) is 6.14. The van der Waals surface area contributed by atoms with E-state index in [-0.39, 0.29) is 13.0 Å². The van der Waals surface area contributed by atoms with Crippen LogP contribution in [0.1, 0.15) is 23.1 Å². The molecule has 0 atom stereocenters. The smallest absolute Gasteiger partial charge is 0.305 e. The van der Waals surface area contributed by atoms with Crippen LogP contribution >= 0.6 is 0 Å². The van der Waals surface area contributed by atoms with E-state index in [1.165, 1.54) is 11.1 Å². The second kappa shape index (κ2) is 5.51. The van der Waals surface area contributed by atoms with E-state index in [4.69, 9.17) is 9.84 Å².